The maximum atomic E-state index is 11.7. The van der Waals surface area contributed by atoms with Crippen molar-refractivity contribution in [3.8, 4) is 0 Å². The first-order chi connectivity index (χ1) is 9.06. The number of hydrogen-bond donors (Lipinski definition) is 2. The van der Waals surface area contributed by atoms with Gasteiger partial charge in [0.1, 0.15) is 0 Å². The summed E-state index contributed by atoms with van der Waals surface area (Å²) in [5, 5.41) is 16.7. The van der Waals surface area contributed by atoms with Gasteiger partial charge >= 0.3 is 0 Å². The average Bonchev–Trinajstić information content (AvgIpc) is 3.15. The van der Waals surface area contributed by atoms with Gasteiger partial charge in [0.2, 0.25) is 5.91 Å². The van der Waals surface area contributed by atoms with Gasteiger partial charge in [-0.3, -0.25) is 14.9 Å². The molecule has 1 aromatic carbocycles. The smallest absolute Gasteiger partial charge is 0.271 e. The minimum atomic E-state index is -0.527. The zero-order valence-corrected chi connectivity index (χ0v) is 10.9. The fourth-order valence-corrected chi connectivity index (χ4v) is 1.78. The molecule has 1 amide bonds. The van der Waals surface area contributed by atoms with E-state index in [0.717, 1.165) is 0 Å². The van der Waals surface area contributed by atoms with Crippen LogP contribution in [-0.4, -0.2) is 23.4 Å². The monoisotopic (exact) mass is 283 g/mol. The minimum Gasteiger partial charge on any atom is -0.325 e. The van der Waals surface area contributed by atoms with Gasteiger partial charge in [0, 0.05) is 31.1 Å². The molecule has 1 aliphatic carbocycles. The second-order valence-electron chi connectivity index (χ2n) is 4.45. The van der Waals surface area contributed by atoms with Crippen LogP contribution >= 0.6 is 11.6 Å². The third-order valence-corrected chi connectivity index (χ3v) is 3.13. The number of nitrogens with one attached hydrogen (secondary N) is 2. The number of hydrogen-bond acceptors (Lipinski definition) is 4. The van der Waals surface area contributed by atoms with Gasteiger partial charge in [0.15, 0.2) is 0 Å². The third-order valence-electron chi connectivity index (χ3n) is 2.80. The van der Waals surface area contributed by atoms with Gasteiger partial charge < -0.3 is 10.6 Å². The van der Waals surface area contributed by atoms with E-state index in [-0.39, 0.29) is 22.3 Å². The Morgan fingerprint density at radius 2 is 2.21 bits per heavy atom. The Balaban J connectivity index is 1.90. The van der Waals surface area contributed by atoms with Crippen LogP contribution in [0.15, 0.2) is 18.2 Å². The predicted molar refractivity (Wildman–Crippen MR) is 72.4 cm³/mol. The predicted octanol–water partition coefficient (Wildman–Crippen LogP) is 2.33. The molecule has 7 heteroatoms. The highest BCUT2D eigenvalue weighted by molar-refractivity contribution is 6.33. The number of carbonyl (C=O) groups is 1. The van der Waals surface area contributed by atoms with E-state index in [4.69, 9.17) is 11.6 Å². The minimum absolute atomic E-state index is 0.101. The van der Waals surface area contributed by atoms with Crippen LogP contribution in [0.1, 0.15) is 19.3 Å². The summed E-state index contributed by atoms with van der Waals surface area (Å²) in [5.41, 5.74) is 0.170. The lowest BCUT2D eigenvalue weighted by molar-refractivity contribution is -0.384. The summed E-state index contributed by atoms with van der Waals surface area (Å²) in [5.74, 6) is -0.212. The van der Waals surface area contributed by atoms with E-state index in [2.05, 4.69) is 10.6 Å². The van der Waals surface area contributed by atoms with E-state index in [1.807, 2.05) is 0 Å². The zero-order valence-electron chi connectivity index (χ0n) is 10.2. The molecule has 102 valence electrons. The Bertz CT molecular complexity index is 503. The summed E-state index contributed by atoms with van der Waals surface area (Å²) in [7, 11) is 0. The second kappa shape index (κ2) is 5.99. The normalized spacial score (nSPS) is 14.2. The molecule has 0 heterocycles. The van der Waals surface area contributed by atoms with Crippen molar-refractivity contribution in [1.29, 1.82) is 0 Å². The summed E-state index contributed by atoms with van der Waals surface area (Å²) in [6.07, 6.45) is 2.65. The molecule has 0 saturated heterocycles. The molecule has 0 aliphatic heterocycles. The van der Waals surface area contributed by atoms with Crippen LogP contribution in [-0.2, 0) is 4.79 Å². The largest absolute Gasteiger partial charge is 0.325 e. The highest BCUT2D eigenvalue weighted by atomic mass is 35.5. The summed E-state index contributed by atoms with van der Waals surface area (Å²) < 4.78 is 0. The van der Waals surface area contributed by atoms with Crippen LogP contribution < -0.4 is 10.6 Å². The van der Waals surface area contributed by atoms with Crippen molar-refractivity contribution >= 4 is 28.9 Å². The van der Waals surface area contributed by atoms with Crippen LogP contribution in [0.5, 0.6) is 0 Å². The average molecular weight is 284 g/mol. The highest BCUT2D eigenvalue weighted by Crippen LogP contribution is 2.26. The van der Waals surface area contributed by atoms with Crippen molar-refractivity contribution in [1.82, 2.24) is 5.32 Å². The molecule has 2 rings (SSSR count). The van der Waals surface area contributed by atoms with Crippen LogP contribution in [0, 0.1) is 10.1 Å². The molecule has 0 aromatic heterocycles. The lowest BCUT2D eigenvalue weighted by Gasteiger charge is -2.07. The zero-order chi connectivity index (χ0) is 13.8. The van der Waals surface area contributed by atoms with Crippen molar-refractivity contribution in [3.63, 3.8) is 0 Å². The van der Waals surface area contributed by atoms with Gasteiger partial charge in [0.05, 0.1) is 15.6 Å². The summed E-state index contributed by atoms with van der Waals surface area (Å²) in [6, 6.07) is 4.51. The molecule has 0 unspecified atom stereocenters. The molecular weight excluding hydrogens is 270 g/mol. The number of nitro benzene ring substituents is 1. The molecule has 6 nitrogen and oxygen atoms in total. The summed E-state index contributed by atoms with van der Waals surface area (Å²) >= 11 is 5.89. The molecule has 1 fully saturated rings. The van der Waals surface area contributed by atoms with Crippen molar-refractivity contribution in [2.45, 2.75) is 25.3 Å². The van der Waals surface area contributed by atoms with Crippen LogP contribution in [0.25, 0.3) is 0 Å². The standard InChI is InChI=1S/C12H14ClN3O3/c13-10-4-3-9(16(18)19)7-11(10)15-12(17)5-6-14-8-1-2-8/h3-4,7-8,14H,1-2,5-6H2,(H,15,17). The van der Waals surface area contributed by atoms with Gasteiger partial charge in [0.25, 0.3) is 5.69 Å². The number of halogens is 1. The van der Waals surface area contributed by atoms with Gasteiger partial charge in [-0.05, 0) is 18.9 Å². The fourth-order valence-electron chi connectivity index (χ4n) is 1.61. The Hall–Kier alpha value is -1.66. The fraction of sp³-hybridized carbons (Fsp3) is 0.417. The molecular formula is C12H14ClN3O3. The van der Waals surface area contributed by atoms with Gasteiger partial charge in [-0.15, -0.1) is 0 Å². The first-order valence-corrected chi connectivity index (χ1v) is 6.41. The molecule has 19 heavy (non-hydrogen) atoms. The Morgan fingerprint density at radius 1 is 1.47 bits per heavy atom. The quantitative estimate of drug-likeness (QED) is 0.620. The van der Waals surface area contributed by atoms with E-state index < -0.39 is 4.92 Å². The van der Waals surface area contributed by atoms with Crippen molar-refractivity contribution in [2.75, 3.05) is 11.9 Å². The number of nitro groups is 1. The number of rotatable bonds is 6. The number of benzene rings is 1. The Kier molecular flexibility index (Phi) is 4.34. The van der Waals surface area contributed by atoms with E-state index >= 15 is 0 Å². The van der Waals surface area contributed by atoms with Crippen molar-refractivity contribution < 1.29 is 9.72 Å². The Labute approximate surface area is 115 Å². The number of nitrogens with zero attached hydrogens (tertiary/aromatic N) is 1. The van der Waals surface area contributed by atoms with E-state index in [1.54, 1.807) is 0 Å². The number of amides is 1. The van der Waals surface area contributed by atoms with E-state index in [1.165, 1.54) is 31.0 Å². The SMILES string of the molecule is O=C(CCNC1CC1)Nc1cc([N+](=O)[O-])ccc1Cl. The summed E-state index contributed by atoms with van der Waals surface area (Å²) in [6.45, 7) is 0.600. The lowest BCUT2D eigenvalue weighted by atomic mass is 10.2. The molecule has 0 spiro atoms. The lowest BCUT2D eigenvalue weighted by Crippen LogP contribution is -2.23. The second-order valence-corrected chi connectivity index (χ2v) is 4.86. The Morgan fingerprint density at radius 3 is 2.84 bits per heavy atom. The van der Waals surface area contributed by atoms with Crippen molar-refractivity contribution in [2.24, 2.45) is 0 Å². The number of anilines is 1. The third kappa shape index (κ3) is 4.18. The van der Waals surface area contributed by atoms with E-state index in [0.29, 0.717) is 19.0 Å². The molecule has 1 saturated carbocycles. The van der Waals surface area contributed by atoms with Gasteiger partial charge in [-0.25, -0.2) is 0 Å². The maximum absolute atomic E-state index is 11.7. The topological polar surface area (TPSA) is 84.3 Å². The van der Waals surface area contributed by atoms with Crippen molar-refractivity contribution in [3.05, 3.63) is 33.3 Å². The summed E-state index contributed by atoms with van der Waals surface area (Å²) in [4.78, 5) is 21.8. The van der Waals surface area contributed by atoms with Crippen LogP contribution in [0.2, 0.25) is 5.02 Å². The maximum Gasteiger partial charge on any atom is 0.271 e. The molecule has 1 aliphatic rings. The number of non-ortho nitro benzene ring substituents is 1. The number of carbonyl (C=O) groups excluding carboxylic acids is 1. The molecule has 0 atom stereocenters. The highest BCUT2D eigenvalue weighted by Gasteiger charge is 2.20. The molecule has 0 bridgehead atoms. The van der Waals surface area contributed by atoms with Crippen LogP contribution in [0.4, 0.5) is 11.4 Å². The van der Waals surface area contributed by atoms with Crippen LogP contribution in [0.3, 0.4) is 0 Å². The molecule has 2 N–H and O–H groups in total. The van der Waals surface area contributed by atoms with E-state index in [9.17, 15) is 14.9 Å². The van der Waals surface area contributed by atoms with Gasteiger partial charge in [-0.1, -0.05) is 11.6 Å². The van der Waals surface area contributed by atoms with Gasteiger partial charge in [-0.2, -0.15) is 0 Å². The molecule has 1 aromatic rings. The first kappa shape index (κ1) is 13.8. The first-order valence-electron chi connectivity index (χ1n) is 6.03. The molecule has 0 radical (unpaired) electrons.